The van der Waals surface area contributed by atoms with Gasteiger partial charge in [-0.15, -0.1) is 0 Å². The number of nitrogens with zero attached hydrogens (tertiary/aromatic N) is 3. The number of carbonyl (C=O) groups is 1. The van der Waals surface area contributed by atoms with Crippen LogP contribution in [0.4, 0.5) is 0 Å². The second-order valence-corrected chi connectivity index (χ2v) is 6.25. The number of carboxylic acid groups (broad SMARTS) is 1. The normalized spacial score (nSPS) is 17.7. The van der Waals surface area contributed by atoms with Crippen LogP contribution >= 0.6 is 0 Å². The first-order valence-electron chi connectivity index (χ1n) is 8.75. The average Bonchev–Trinajstić information content (AvgIpc) is 3.18. The van der Waals surface area contributed by atoms with Gasteiger partial charge in [0.2, 0.25) is 0 Å². The molecule has 1 heterocycles. The Hall–Kier alpha value is -2.83. The molecule has 1 N–H and O–H groups in total. The molecule has 3 rings (SSSR count). The number of unbranched alkanes of at least 4 members (excludes halogenated alkanes) is 1. The number of hydrogen-bond donors (Lipinski definition) is 1. The standard InChI is InChI=1S/C19H23N3O4/c1-25-15-7-5-14-6-8-17(22-10-9-20-13-22)19(16(14)12-15)21-26-11-3-2-4-18(23)24/h5,7,9-10,12-13,17H,2-4,6,8,11H2,1H3,(H,23,24). The molecule has 138 valence electrons. The first-order chi connectivity index (χ1) is 12.7. The molecule has 1 aromatic heterocycles. The number of aliphatic carboxylic acids is 1. The Balaban J connectivity index is 1.79. The first kappa shape index (κ1) is 18.0. The second kappa shape index (κ2) is 8.51. The second-order valence-electron chi connectivity index (χ2n) is 6.25. The van der Waals surface area contributed by atoms with Crippen LogP contribution in [0.3, 0.4) is 0 Å². The lowest BCUT2D eigenvalue weighted by atomic mass is 9.86. The molecule has 7 heteroatoms. The number of aromatic nitrogens is 2. The number of hydrogen-bond acceptors (Lipinski definition) is 5. The largest absolute Gasteiger partial charge is 0.497 e. The number of carboxylic acids is 1. The molecule has 0 saturated carbocycles. The molecule has 0 bridgehead atoms. The van der Waals surface area contributed by atoms with E-state index in [4.69, 9.17) is 14.7 Å². The number of oxime groups is 1. The summed E-state index contributed by atoms with van der Waals surface area (Å²) < 4.78 is 7.40. The van der Waals surface area contributed by atoms with Crippen molar-refractivity contribution in [2.24, 2.45) is 5.16 Å². The van der Waals surface area contributed by atoms with E-state index < -0.39 is 5.97 Å². The molecule has 7 nitrogen and oxygen atoms in total. The van der Waals surface area contributed by atoms with Gasteiger partial charge in [0.1, 0.15) is 18.1 Å². The highest BCUT2D eigenvalue weighted by Crippen LogP contribution is 2.32. The molecule has 0 fully saturated rings. The highest BCUT2D eigenvalue weighted by atomic mass is 16.6. The van der Waals surface area contributed by atoms with Crippen molar-refractivity contribution in [1.29, 1.82) is 0 Å². The molecule has 1 unspecified atom stereocenters. The van der Waals surface area contributed by atoms with Crippen molar-refractivity contribution in [3.8, 4) is 5.75 Å². The third kappa shape index (κ3) is 4.22. The molecule has 1 aromatic carbocycles. The zero-order valence-corrected chi connectivity index (χ0v) is 14.8. The van der Waals surface area contributed by atoms with Gasteiger partial charge in [-0.3, -0.25) is 4.79 Å². The van der Waals surface area contributed by atoms with E-state index in [1.807, 2.05) is 22.9 Å². The molecule has 2 aromatic rings. The topological polar surface area (TPSA) is 85.9 Å². The third-order valence-electron chi connectivity index (χ3n) is 4.52. The van der Waals surface area contributed by atoms with Crippen LogP contribution in [0.25, 0.3) is 0 Å². The van der Waals surface area contributed by atoms with Gasteiger partial charge in [0.15, 0.2) is 0 Å². The Morgan fingerprint density at radius 1 is 1.42 bits per heavy atom. The van der Waals surface area contributed by atoms with Crippen molar-refractivity contribution < 1.29 is 19.5 Å². The number of fused-ring (bicyclic) bond motifs is 1. The highest BCUT2D eigenvalue weighted by molar-refractivity contribution is 6.05. The Bertz CT molecular complexity index is 771. The smallest absolute Gasteiger partial charge is 0.303 e. The number of benzene rings is 1. The van der Waals surface area contributed by atoms with Crippen LogP contribution in [0.2, 0.25) is 0 Å². The van der Waals surface area contributed by atoms with Crippen LogP contribution in [0.1, 0.15) is 42.9 Å². The minimum atomic E-state index is -0.787. The van der Waals surface area contributed by atoms with E-state index in [-0.39, 0.29) is 12.5 Å². The Morgan fingerprint density at radius 2 is 2.31 bits per heavy atom. The van der Waals surface area contributed by atoms with Crippen LogP contribution in [0.15, 0.2) is 42.1 Å². The molecule has 0 spiro atoms. The maximum Gasteiger partial charge on any atom is 0.303 e. The van der Waals surface area contributed by atoms with Gasteiger partial charge in [-0.1, -0.05) is 11.2 Å². The van der Waals surface area contributed by atoms with Crippen LogP contribution < -0.4 is 4.74 Å². The fourth-order valence-electron chi connectivity index (χ4n) is 3.16. The van der Waals surface area contributed by atoms with Gasteiger partial charge in [-0.05, 0) is 43.4 Å². The summed E-state index contributed by atoms with van der Waals surface area (Å²) in [5.41, 5.74) is 3.09. The van der Waals surface area contributed by atoms with Gasteiger partial charge in [0, 0.05) is 24.4 Å². The molecule has 0 aliphatic heterocycles. The van der Waals surface area contributed by atoms with Crippen molar-refractivity contribution in [2.45, 2.75) is 38.1 Å². The summed E-state index contributed by atoms with van der Waals surface area (Å²) in [6.45, 7) is 0.396. The van der Waals surface area contributed by atoms with Crippen LogP contribution in [0, 0.1) is 0 Å². The summed E-state index contributed by atoms with van der Waals surface area (Å²) >= 11 is 0. The van der Waals surface area contributed by atoms with Gasteiger partial charge in [-0.2, -0.15) is 0 Å². The molecule has 0 radical (unpaired) electrons. The summed E-state index contributed by atoms with van der Waals surface area (Å²) in [5.74, 6) is -0.00558. The minimum absolute atomic E-state index is 0.0520. The first-order valence-corrected chi connectivity index (χ1v) is 8.75. The Morgan fingerprint density at radius 3 is 3.04 bits per heavy atom. The molecular formula is C19H23N3O4. The molecule has 1 aliphatic rings. The van der Waals surface area contributed by atoms with Crippen LogP contribution in [0.5, 0.6) is 5.75 Å². The van der Waals surface area contributed by atoms with Gasteiger partial charge in [0.25, 0.3) is 0 Å². The van der Waals surface area contributed by atoms with E-state index in [9.17, 15) is 4.79 Å². The molecule has 1 atom stereocenters. The predicted octanol–water partition coefficient (Wildman–Crippen LogP) is 3.05. The quantitative estimate of drug-likeness (QED) is 0.580. The maximum absolute atomic E-state index is 10.6. The summed E-state index contributed by atoms with van der Waals surface area (Å²) in [6, 6.07) is 6.07. The summed E-state index contributed by atoms with van der Waals surface area (Å²) in [6.07, 6.45) is 8.72. The Kier molecular flexibility index (Phi) is 5.88. The lowest BCUT2D eigenvalue weighted by molar-refractivity contribution is -0.137. The van der Waals surface area contributed by atoms with Gasteiger partial charge >= 0.3 is 5.97 Å². The fraction of sp³-hybridized carbons (Fsp3) is 0.421. The van der Waals surface area contributed by atoms with Gasteiger partial charge in [0.05, 0.1) is 19.5 Å². The lowest BCUT2D eigenvalue weighted by Crippen LogP contribution is -2.26. The SMILES string of the molecule is COc1ccc2c(c1)C(=NOCCCCC(=O)O)C(n1ccnc1)CC2. The van der Waals surface area contributed by atoms with E-state index in [2.05, 4.69) is 16.2 Å². The lowest BCUT2D eigenvalue weighted by Gasteiger charge is -2.27. The van der Waals surface area contributed by atoms with Crippen molar-refractivity contribution in [2.75, 3.05) is 13.7 Å². The highest BCUT2D eigenvalue weighted by Gasteiger charge is 2.28. The van der Waals surface area contributed by atoms with E-state index in [0.29, 0.717) is 19.4 Å². The summed E-state index contributed by atoms with van der Waals surface area (Å²) in [7, 11) is 1.65. The van der Waals surface area contributed by atoms with Crippen molar-refractivity contribution >= 4 is 11.7 Å². The predicted molar refractivity (Wildman–Crippen MR) is 96.6 cm³/mol. The molecular weight excluding hydrogens is 334 g/mol. The Labute approximate surface area is 152 Å². The maximum atomic E-state index is 10.6. The van der Waals surface area contributed by atoms with Gasteiger partial charge in [-0.25, -0.2) is 4.98 Å². The fourth-order valence-corrected chi connectivity index (χ4v) is 3.16. The third-order valence-corrected chi connectivity index (χ3v) is 4.52. The number of ether oxygens (including phenoxy) is 1. The van der Waals surface area contributed by atoms with E-state index >= 15 is 0 Å². The summed E-state index contributed by atoms with van der Waals surface area (Å²) in [5, 5.41) is 13.1. The molecule has 1 aliphatic carbocycles. The van der Waals surface area contributed by atoms with Crippen molar-refractivity contribution in [3.05, 3.63) is 48.0 Å². The van der Waals surface area contributed by atoms with Gasteiger partial charge < -0.3 is 19.2 Å². The number of imidazole rings is 1. The van der Waals surface area contributed by atoms with Crippen molar-refractivity contribution in [1.82, 2.24) is 9.55 Å². The summed E-state index contributed by atoms with van der Waals surface area (Å²) in [4.78, 5) is 20.2. The molecule has 0 saturated heterocycles. The van der Waals surface area contributed by atoms with E-state index in [1.165, 1.54) is 5.56 Å². The average molecular weight is 357 g/mol. The minimum Gasteiger partial charge on any atom is -0.497 e. The molecule has 0 amide bonds. The zero-order chi connectivity index (χ0) is 18.4. The number of methoxy groups -OCH3 is 1. The van der Waals surface area contributed by atoms with E-state index in [1.54, 1.807) is 19.6 Å². The monoisotopic (exact) mass is 357 g/mol. The number of aryl methyl sites for hydroxylation is 1. The van der Waals surface area contributed by atoms with E-state index in [0.717, 1.165) is 29.9 Å². The van der Waals surface area contributed by atoms with Crippen LogP contribution in [-0.4, -0.2) is 40.1 Å². The van der Waals surface area contributed by atoms with Crippen molar-refractivity contribution in [3.63, 3.8) is 0 Å². The number of rotatable bonds is 8. The zero-order valence-electron chi connectivity index (χ0n) is 14.8. The molecule has 26 heavy (non-hydrogen) atoms. The van der Waals surface area contributed by atoms with Crippen LogP contribution in [-0.2, 0) is 16.1 Å².